The minimum absolute atomic E-state index is 0.00579. The van der Waals surface area contributed by atoms with Gasteiger partial charge in [0.2, 0.25) is 0 Å². The number of benzene rings is 2. The molecule has 0 heterocycles. The highest BCUT2D eigenvalue weighted by Gasteiger charge is 2.39. The normalized spacial score (nSPS) is 21.4. The molecule has 0 bridgehead atoms. The molecule has 0 aliphatic heterocycles. The highest BCUT2D eigenvalue weighted by atomic mass is 16.3. The van der Waals surface area contributed by atoms with Crippen molar-refractivity contribution >= 4 is 5.78 Å². The van der Waals surface area contributed by atoms with Gasteiger partial charge in [-0.2, -0.15) is 0 Å². The predicted molar refractivity (Wildman–Crippen MR) is 139 cm³/mol. The molecule has 0 radical (unpaired) electrons. The number of hydrogen-bond donors (Lipinski definition) is 2. The van der Waals surface area contributed by atoms with Gasteiger partial charge in [-0.1, -0.05) is 67.5 Å². The molecule has 0 fully saturated rings. The maximum atomic E-state index is 13.2. The lowest BCUT2D eigenvalue weighted by Gasteiger charge is -2.42. The number of carbonyl (C=O) groups excluding carboxylic acids is 1. The average Bonchev–Trinajstić information content (AvgIpc) is 2.71. The Morgan fingerprint density at radius 2 is 0.853 bits per heavy atom. The van der Waals surface area contributed by atoms with Gasteiger partial charge in [-0.3, -0.25) is 4.79 Å². The van der Waals surface area contributed by atoms with E-state index in [1.54, 1.807) is 0 Å². The molecule has 2 aromatic rings. The maximum Gasteiger partial charge on any atom is 0.141 e. The minimum atomic E-state index is 0.00579. The van der Waals surface area contributed by atoms with E-state index in [2.05, 4.69) is 67.5 Å². The number of rotatable bonds is 4. The third kappa shape index (κ3) is 4.27. The first kappa shape index (κ1) is 24.8. The minimum Gasteiger partial charge on any atom is -0.508 e. The zero-order chi connectivity index (χ0) is 25.3. The van der Waals surface area contributed by atoms with Crippen molar-refractivity contribution < 1.29 is 15.0 Å². The summed E-state index contributed by atoms with van der Waals surface area (Å²) in [5.41, 5.74) is 6.30. The molecule has 3 nitrogen and oxygen atoms in total. The Kier molecular flexibility index (Phi) is 5.74. The first-order valence-electron chi connectivity index (χ1n) is 12.8. The van der Waals surface area contributed by atoms with E-state index in [0.29, 0.717) is 11.1 Å². The van der Waals surface area contributed by atoms with Crippen LogP contribution in [0.4, 0.5) is 0 Å². The van der Waals surface area contributed by atoms with Crippen LogP contribution in [-0.2, 0) is 39.3 Å². The Bertz CT molecular complexity index is 1060. The molecule has 0 saturated heterocycles. The van der Waals surface area contributed by atoms with E-state index in [1.165, 1.54) is 22.3 Å². The van der Waals surface area contributed by atoms with Gasteiger partial charge >= 0.3 is 0 Å². The second kappa shape index (κ2) is 7.86. The van der Waals surface area contributed by atoms with Gasteiger partial charge in [0.25, 0.3) is 0 Å². The van der Waals surface area contributed by atoms with E-state index in [0.717, 1.165) is 25.7 Å². The number of hydrogen-bond acceptors (Lipinski definition) is 3. The van der Waals surface area contributed by atoms with Gasteiger partial charge in [0.05, 0.1) is 0 Å². The summed E-state index contributed by atoms with van der Waals surface area (Å²) in [6, 6.07) is 7.89. The molecule has 0 saturated carbocycles. The summed E-state index contributed by atoms with van der Waals surface area (Å²) in [7, 11) is 0. The second-order valence-electron chi connectivity index (χ2n) is 13.5. The number of phenolic OH excluding ortho intramolecular Hbond substituents is 2. The van der Waals surface area contributed by atoms with Crippen LogP contribution in [-0.4, -0.2) is 16.0 Å². The Morgan fingerprint density at radius 1 is 0.588 bits per heavy atom. The Hall–Kier alpha value is -2.29. The number of ketones is 1. The van der Waals surface area contributed by atoms with Crippen molar-refractivity contribution in [1.82, 2.24) is 0 Å². The number of carbonyl (C=O) groups is 1. The van der Waals surface area contributed by atoms with E-state index < -0.39 is 0 Å². The van der Waals surface area contributed by atoms with Crippen LogP contribution in [0.3, 0.4) is 0 Å². The van der Waals surface area contributed by atoms with E-state index in [1.807, 2.05) is 12.1 Å². The van der Waals surface area contributed by atoms with Crippen LogP contribution in [0.5, 0.6) is 11.5 Å². The van der Waals surface area contributed by atoms with Gasteiger partial charge in [-0.05, 0) is 81.7 Å². The second-order valence-corrected chi connectivity index (χ2v) is 13.5. The third-order valence-corrected chi connectivity index (χ3v) is 8.88. The van der Waals surface area contributed by atoms with Gasteiger partial charge in [-0.15, -0.1) is 0 Å². The first-order valence-corrected chi connectivity index (χ1v) is 12.8. The summed E-state index contributed by atoms with van der Waals surface area (Å²) in [5.74, 6) is 0.414. The maximum absolute atomic E-state index is 13.2. The van der Waals surface area contributed by atoms with Crippen molar-refractivity contribution in [1.29, 1.82) is 0 Å². The van der Waals surface area contributed by atoms with Crippen LogP contribution in [0.25, 0.3) is 0 Å². The molecule has 0 amide bonds. The lowest BCUT2D eigenvalue weighted by atomic mass is 9.62. The van der Waals surface area contributed by atoms with E-state index in [4.69, 9.17) is 0 Å². The summed E-state index contributed by atoms with van der Waals surface area (Å²) >= 11 is 0. The molecule has 0 unspecified atom stereocenters. The fourth-order valence-electron chi connectivity index (χ4n) is 6.07. The molecule has 2 aliphatic carbocycles. The molecule has 2 aliphatic rings. The molecule has 2 N–H and O–H groups in total. The molecular weight excluding hydrogens is 420 g/mol. The molecule has 3 heteroatoms. The largest absolute Gasteiger partial charge is 0.508 e. The highest BCUT2D eigenvalue weighted by Crippen LogP contribution is 2.49. The fraction of sp³-hybridized carbons (Fsp3) is 0.581. The van der Waals surface area contributed by atoms with Crippen molar-refractivity contribution in [3.8, 4) is 11.5 Å². The fourth-order valence-corrected chi connectivity index (χ4v) is 6.07. The molecule has 0 spiro atoms. The van der Waals surface area contributed by atoms with Crippen LogP contribution in [0.15, 0.2) is 24.3 Å². The highest BCUT2D eigenvalue weighted by molar-refractivity contribution is 5.84. The molecular formula is C31H42O3. The molecule has 4 rings (SSSR count). The van der Waals surface area contributed by atoms with Crippen molar-refractivity contribution in [2.45, 2.75) is 116 Å². The Balaban J connectivity index is 1.63. The number of phenols is 2. The number of aromatic hydroxyl groups is 2. The zero-order valence-electron chi connectivity index (χ0n) is 22.4. The summed E-state index contributed by atoms with van der Waals surface area (Å²) in [6.07, 6.45) is 4.66. The van der Waals surface area contributed by atoms with E-state index in [9.17, 15) is 15.0 Å². The molecule has 34 heavy (non-hydrogen) atoms. The van der Waals surface area contributed by atoms with Crippen LogP contribution < -0.4 is 0 Å². The summed E-state index contributed by atoms with van der Waals surface area (Å²) in [5, 5.41) is 21.6. The van der Waals surface area contributed by atoms with Gasteiger partial charge in [0, 0.05) is 24.0 Å². The molecule has 0 aromatic heterocycles. The lowest BCUT2D eigenvalue weighted by Crippen LogP contribution is -2.34. The summed E-state index contributed by atoms with van der Waals surface area (Å²) in [4.78, 5) is 13.2. The number of fused-ring (bicyclic) bond motifs is 2. The lowest BCUT2D eigenvalue weighted by molar-refractivity contribution is -0.117. The summed E-state index contributed by atoms with van der Waals surface area (Å²) in [6.45, 7) is 17.9. The monoisotopic (exact) mass is 462 g/mol. The van der Waals surface area contributed by atoms with Crippen LogP contribution >= 0.6 is 0 Å². The van der Waals surface area contributed by atoms with E-state index >= 15 is 0 Å². The standard InChI is InChI=1S/C31H42O3/c1-28(2)9-11-30(5,6)24-17-26(33)19(15-22(24)28)13-21(32)14-20-16-23-25(18-27(20)34)31(7,8)12-10-29(23,3)4/h15-18,33-34H,9-14H2,1-8H3. The van der Waals surface area contributed by atoms with Crippen molar-refractivity contribution in [2.75, 3.05) is 0 Å². The molecule has 2 aromatic carbocycles. The van der Waals surface area contributed by atoms with Gasteiger partial charge in [-0.25, -0.2) is 0 Å². The van der Waals surface area contributed by atoms with Crippen LogP contribution in [0.1, 0.15) is 114 Å². The average molecular weight is 463 g/mol. The first-order chi connectivity index (χ1) is 15.5. The zero-order valence-corrected chi connectivity index (χ0v) is 22.4. The number of Topliss-reactive ketones (excluding diaryl/α,β-unsaturated/α-hetero) is 1. The van der Waals surface area contributed by atoms with Crippen molar-refractivity contribution in [3.05, 3.63) is 57.6 Å². The Labute approximate surface area is 205 Å². The summed E-state index contributed by atoms with van der Waals surface area (Å²) < 4.78 is 0. The molecule has 184 valence electrons. The van der Waals surface area contributed by atoms with Gasteiger partial charge < -0.3 is 10.2 Å². The predicted octanol–water partition coefficient (Wildman–Crippen LogP) is 7.15. The quantitative estimate of drug-likeness (QED) is 0.507. The van der Waals surface area contributed by atoms with Crippen molar-refractivity contribution in [2.24, 2.45) is 0 Å². The van der Waals surface area contributed by atoms with Gasteiger partial charge in [0.15, 0.2) is 0 Å². The van der Waals surface area contributed by atoms with Crippen LogP contribution in [0, 0.1) is 0 Å². The van der Waals surface area contributed by atoms with E-state index in [-0.39, 0.29) is 51.8 Å². The van der Waals surface area contributed by atoms with Gasteiger partial charge in [0.1, 0.15) is 17.3 Å². The topological polar surface area (TPSA) is 57.5 Å². The SMILES string of the molecule is CC1(C)CCC(C)(C)c2cc(CC(=O)Cc3cc4c(cc3O)C(C)(C)CCC4(C)C)c(O)cc21. The Morgan fingerprint density at radius 3 is 1.15 bits per heavy atom. The molecule has 0 atom stereocenters. The smallest absolute Gasteiger partial charge is 0.141 e. The van der Waals surface area contributed by atoms with Crippen molar-refractivity contribution in [3.63, 3.8) is 0 Å². The van der Waals surface area contributed by atoms with Crippen LogP contribution in [0.2, 0.25) is 0 Å². The third-order valence-electron chi connectivity index (χ3n) is 8.88.